The number of unbranched alkanes of at least 4 members (excludes halogenated alkanes) is 3. The van der Waals surface area contributed by atoms with Crippen molar-refractivity contribution in [2.75, 3.05) is 20.3 Å². The fourth-order valence-electron chi connectivity index (χ4n) is 2.97. The minimum Gasteiger partial charge on any atom is -0.383 e. The van der Waals surface area contributed by atoms with Crippen molar-refractivity contribution < 1.29 is 14.3 Å². The highest BCUT2D eigenvalue weighted by Crippen LogP contribution is 2.21. The molecule has 0 bridgehead atoms. The van der Waals surface area contributed by atoms with E-state index in [4.69, 9.17) is 4.74 Å². The van der Waals surface area contributed by atoms with Gasteiger partial charge < -0.3 is 15.0 Å². The van der Waals surface area contributed by atoms with Gasteiger partial charge in [-0.2, -0.15) is 0 Å². The lowest BCUT2D eigenvalue weighted by Gasteiger charge is -2.24. The molecule has 3 atom stereocenters. The highest BCUT2D eigenvalue weighted by Gasteiger charge is 2.36. The second-order valence-corrected chi connectivity index (χ2v) is 6.51. The Morgan fingerprint density at radius 2 is 2.09 bits per heavy atom. The van der Waals surface area contributed by atoms with Crippen LogP contribution in [0.5, 0.6) is 0 Å². The summed E-state index contributed by atoms with van der Waals surface area (Å²) in [7, 11) is 1.63. The summed E-state index contributed by atoms with van der Waals surface area (Å²) in [6, 6.07) is 0.215. The lowest BCUT2D eigenvalue weighted by atomic mass is 10.1. The van der Waals surface area contributed by atoms with Gasteiger partial charge in [-0.15, -0.1) is 0 Å². The molecule has 1 N–H and O–H groups in total. The van der Waals surface area contributed by atoms with E-state index in [1.165, 1.54) is 19.3 Å². The predicted molar refractivity (Wildman–Crippen MR) is 87.5 cm³/mol. The van der Waals surface area contributed by atoms with Gasteiger partial charge in [0.25, 0.3) is 0 Å². The van der Waals surface area contributed by atoms with E-state index in [2.05, 4.69) is 12.2 Å². The Bertz CT molecular complexity index is 360. The fraction of sp³-hybridized carbons (Fsp3) is 0.882. The van der Waals surface area contributed by atoms with Crippen molar-refractivity contribution in [3.05, 3.63) is 0 Å². The minimum atomic E-state index is -0.218. The van der Waals surface area contributed by atoms with Crippen LogP contribution in [0.1, 0.15) is 59.3 Å². The molecule has 2 amide bonds. The summed E-state index contributed by atoms with van der Waals surface area (Å²) in [4.78, 5) is 26.1. The molecule has 1 aliphatic heterocycles. The predicted octanol–water partition coefficient (Wildman–Crippen LogP) is 2.34. The van der Waals surface area contributed by atoms with Gasteiger partial charge in [0.15, 0.2) is 0 Å². The van der Waals surface area contributed by atoms with E-state index in [0.717, 1.165) is 12.8 Å². The van der Waals surface area contributed by atoms with Crippen LogP contribution in [0.15, 0.2) is 0 Å². The van der Waals surface area contributed by atoms with Gasteiger partial charge in [-0.1, -0.05) is 32.6 Å². The van der Waals surface area contributed by atoms with Crippen molar-refractivity contribution in [3.63, 3.8) is 0 Å². The first kappa shape index (κ1) is 18.9. The van der Waals surface area contributed by atoms with Gasteiger partial charge in [-0.25, -0.2) is 0 Å². The van der Waals surface area contributed by atoms with Crippen molar-refractivity contribution in [2.45, 2.75) is 71.4 Å². The summed E-state index contributed by atoms with van der Waals surface area (Å²) in [6.07, 6.45) is 6.18. The van der Waals surface area contributed by atoms with Crippen LogP contribution in [-0.4, -0.2) is 49.1 Å². The average molecular weight is 312 g/mol. The molecule has 0 saturated carbocycles. The zero-order chi connectivity index (χ0) is 16.5. The van der Waals surface area contributed by atoms with E-state index in [9.17, 15) is 9.59 Å². The van der Waals surface area contributed by atoms with Gasteiger partial charge in [0.05, 0.1) is 18.6 Å². The summed E-state index contributed by atoms with van der Waals surface area (Å²) in [5.41, 5.74) is 0. The van der Waals surface area contributed by atoms with Gasteiger partial charge in [-0.05, 0) is 20.3 Å². The summed E-state index contributed by atoms with van der Waals surface area (Å²) in [5.74, 6) is -0.145. The van der Waals surface area contributed by atoms with Gasteiger partial charge >= 0.3 is 0 Å². The van der Waals surface area contributed by atoms with E-state index in [0.29, 0.717) is 19.6 Å². The number of amides is 2. The summed E-state index contributed by atoms with van der Waals surface area (Å²) < 4.78 is 5.09. The van der Waals surface area contributed by atoms with E-state index in [1.807, 2.05) is 13.8 Å². The van der Waals surface area contributed by atoms with Crippen molar-refractivity contribution in [1.29, 1.82) is 0 Å². The normalized spacial score (nSPS) is 21.0. The molecular weight excluding hydrogens is 280 g/mol. The summed E-state index contributed by atoms with van der Waals surface area (Å²) >= 11 is 0. The van der Waals surface area contributed by atoms with Gasteiger partial charge in [-0.3, -0.25) is 9.59 Å². The maximum Gasteiger partial charge on any atom is 0.225 e. The molecule has 5 heteroatoms. The van der Waals surface area contributed by atoms with Gasteiger partial charge in [0, 0.05) is 26.1 Å². The van der Waals surface area contributed by atoms with Crippen molar-refractivity contribution in [2.24, 2.45) is 5.92 Å². The molecule has 0 unspecified atom stereocenters. The fourth-order valence-corrected chi connectivity index (χ4v) is 2.97. The molecule has 1 saturated heterocycles. The number of hydrogen-bond acceptors (Lipinski definition) is 3. The van der Waals surface area contributed by atoms with Crippen LogP contribution in [0.4, 0.5) is 0 Å². The number of methoxy groups -OCH3 is 1. The van der Waals surface area contributed by atoms with Gasteiger partial charge in [0.1, 0.15) is 0 Å². The molecule has 1 aliphatic rings. The second-order valence-electron chi connectivity index (χ2n) is 6.51. The molecule has 0 aromatic rings. The van der Waals surface area contributed by atoms with Crippen LogP contribution >= 0.6 is 0 Å². The lowest BCUT2D eigenvalue weighted by molar-refractivity contribution is -0.130. The Morgan fingerprint density at radius 1 is 1.36 bits per heavy atom. The summed E-state index contributed by atoms with van der Waals surface area (Å²) in [5, 5.41) is 3.06. The van der Waals surface area contributed by atoms with E-state index >= 15 is 0 Å². The van der Waals surface area contributed by atoms with Crippen molar-refractivity contribution in [1.82, 2.24) is 10.2 Å². The first-order valence-electron chi connectivity index (χ1n) is 8.58. The first-order chi connectivity index (χ1) is 10.5. The van der Waals surface area contributed by atoms with E-state index in [-0.39, 0.29) is 29.8 Å². The third-order valence-corrected chi connectivity index (χ3v) is 4.35. The molecule has 0 spiro atoms. The van der Waals surface area contributed by atoms with Crippen LogP contribution in [-0.2, 0) is 14.3 Å². The van der Waals surface area contributed by atoms with Crippen LogP contribution in [0, 0.1) is 5.92 Å². The molecular formula is C17H32N2O3. The van der Waals surface area contributed by atoms with Gasteiger partial charge in [0.2, 0.25) is 11.8 Å². The largest absolute Gasteiger partial charge is 0.383 e. The Kier molecular flexibility index (Phi) is 8.46. The zero-order valence-corrected chi connectivity index (χ0v) is 14.6. The lowest BCUT2D eigenvalue weighted by Crippen LogP contribution is -2.40. The molecule has 1 heterocycles. The van der Waals surface area contributed by atoms with E-state index < -0.39 is 0 Å². The Morgan fingerprint density at radius 3 is 2.73 bits per heavy atom. The maximum absolute atomic E-state index is 12.3. The Balaban J connectivity index is 2.35. The molecule has 1 fully saturated rings. The Labute approximate surface area is 134 Å². The third kappa shape index (κ3) is 5.95. The molecule has 5 nitrogen and oxygen atoms in total. The smallest absolute Gasteiger partial charge is 0.225 e. The monoisotopic (exact) mass is 312 g/mol. The van der Waals surface area contributed by atoms with Crippen LogP contribution in [0.25, 0.3) is 0 Å². The minimum absolute atomic E-state index is 0.0171. The zero-order valence-electron chi connectivity index (χ0n) is 14.6. The topological polar surface area (TPSA) is 58.6 Å². The SMILES string of the molecule is CCCCCC[C@@H](C)NC(=O)[C@@H]1CC(=O)N([C@@H](C)COC)C1. The standard InChI is InChI=1S/C17H32N2O3/c1-5-6-7-8-9-13(2)18-17(21)15-10-16(20)19(11-15)14(3)12-22-4/h13-15H,5-12H2,1-4H3,(H,18,21)/t13-,14+,15-/m1/s1. The van der Waals surface area contributed by atoms with Crippen molar-refractivity contribution >= 4 is 11.8 Å². The molecule has 128 valence electrons. The molecule has 0 aromatic heterocycles. The van der Waals surface area contributed by atoms with Crippen LogP contribution < -0.4 is 5.32 Å². The molecule has 0 aliphatic carbocycles. The number of carbonyl (C=O) groups is 2. The molecule has 0 aromatic carbocycles. The molecule has 1 rings (SSSR count). The Hall–Kier alpha value is -1.10. The number of hydrogen-bond donors (Lipinski definition) is 1. The maximum atomic E-state index is 12.3. The molecule has 22 heavy (non-hydrogen) atoms. The quantitative estimate of drug-likeness (QED) is 0.630. The van der Waals surface area contributed by atoms with E-state index in [1.54, 1.807) is 12.0 Å². The number of ether oxygens (including phenoxy) is 1. The summed E-state index contributed by atoms with van der Waals surface area (Å²) in [6.45, 7) is 7.22. The number of carbonyl (C=O) groups excluding carboxylic acids is 2. The average Bonchev–Trinajstić information content (AvgIpc) is 2.86. The number of nitrogens with zero attached hydrogens (tertiary/aromatic N) is 1. The number of likely N-dealkylation sites (tertiary alicyclic amines) is 1. The molecule has 0 radical (unpaired) electrons. The highest BCUT2D eigenvalue weighted by atomic mass is 16.5. The van der Waals surface area contributed by atoms with Crippen LogP contribution in [0.2, 0.25) is 0 Å². The van der Waals surface area contributed by atoms with Crippen LogP contribution in [0.3, 0.4) is 0 Å². The second kappa shape index (κ2) is 9.82. The number of rotatable bonds is 10. The highest BCUT2D eigenvalue weighted by molar-refractivity contribution is 5.89. The number of nitrogens with one attached hydrogen (secondary N) is 1. The first-order valence-corrected chi connectivity index (χ1v) is 8.58. The van der Waals surface area contributed by atoms with Crippen molar-refractivity contribution in [3.8, 4) is 0 Å². The third-order valence-electron chi connectivity index (χ3n) is 4.35.